The van der Waals surface area contributed by atoms with Gasteiger partial charge in [-0.25, -0.2) is 0 Å². The third-order valence-corrected chi connectivity index (χ3v) is 4.68. The fourth-order valence-electron chi connectivity index (χ4n) is 3.08. The molecule has 1 aliphatic rings. The molecule has 2 aromatic carbocycles. The Morgan fingerprint density at radius 3 is 2.67 bits per heavy atom. The first-order valence-electron chi connectivity index (χ1n) is 9.37. The van der Waals surface area contributed by atoms with Crippen LogP contribution in [0.4, 0.5) is 0 Å². The van der Waals surface area contributed by atoms with Crippen LogP contribution in [0.15, 0.2) is 48.0 Å². The molecule has 3 rings (SSSR count). The highest BCUT2D eigenvalue weighted by Crippen LogP contribution is 2.30. The molecule has 0 bridgehead atoms. The molecule has 1 aliphatic carbocycles. The summed E-state index contributed by atoms with van der Waals surface area (Å²) in [5.41, 5.74) is 15.6. The van der Waals surface area contributed by atoms with E-state index in [0.717, 1.165) is 41.0 Å². The van der Waals surface area contributed by atoms with Gasteiger partial charge in [-0.05, 0) is 67.8 Å². The topological polar surface area (TPSA) is 90.4 Å². The fourth-order valence-corrected chi connectivity index (χ4v) is 3.08. The summed E-state index contributed by atoms with van der Waals surface area (Å²) < 4.78 is 5.91. The summed E-state index contributed by atoms with van der Waals surface area (Å²) in [7, 11) is 0. The minimum atomic E-state index is -0.0598. The van der Waals surface area contributed by atoms with Crippen LogP contribution in [-0.2, 0) is 11.2 Å². The zero-order valence-electron chi connectivity index (χ0n) is 15.7. The maximum Gasteiger partial charge on any atom is 0.247 e. The first-order valence-corrected chi connectivity index (χ1v) is 9.37. The zero-order valence-corrected chi connectivity index (χ0v) is 15.7. The lowest BCUT2D eigenvalue weighted by atomic mass is 10.1. The molecular formula is C22H27N3O2. The molecule has 5 nitrogen and oxygen atoms in total. The minimum absolute atomic E-state index is 0.0589. The van der Waals surface area contributed by atoms with Gasteiger partial charge in [0.15, 0.2) is 0 Å². The molecule has 0 radical (unpaired) electrons. The maximum atomic E-state index is 12.4. The van der Waals surface area contributed by atoms with Crippen molar-refractivity contribution in [2.24, 2.45) is 11.5 Å². The van der Waals surface area contributed by atoms with Gasteiger partial charge in [-0.3, -0.25) is 4.79 Å². The summed E-state index contributed by atoms with van der Waals surface area (Å²) in [6.07, 6.45) is 4.24. The average Bonchev–Trinajstić information content (AvgIpc) is 3.09. The van der Waals surface area contributed by atoms with Gasteiger partial charge >= 0.3 is 0 Å². The molecular weight excluding hydrogens is 338 g/mol. The van der Waals surface area contributed by atoms with Crippen molar-refractivity contribution in [3.63, 3.8) is 0 Å². The molecule has 0 aromatic heterocycles. The van der Waals surface area contributed by atoms with Gasteiger partial charge in [-0.1, -0.05) is 23.8 Å². The molecule has 1 amide bonds. The van der Waals surface area contributed by atoms with E-state index in [4.69, 9.17) is 16.2 Å². The second-order valence-corrected chi connectivity index (χ2v) is 7.02. The Labute approximate surface area is 160 Å². The Kier molecular flexibility index (Phi) is 6.27. The predicted octanol–water partition coefficient (Wildman–Crippen LogP) is 2.91. The van der Waals surface area contributed by atoms with Crippen molar-refractivity contribution in [3.8, 4) is 11.5 Å². The Morgan fingerprint density at radius 1 is 1.19 bits per heavy atom. The second kappa shape index (κ2) is 8.84. The van der Waals surface area contributed by atoms with Crippen LogP contribution in [0, 0.1) is 6.92 Å². The Hall–Kier alpha value is -2.63. The highest BCUT2D eigenvalue weighted by Gasteiger charge is 2.19. The number of rotatable bonds is 8. The molecule has 1 atom stereocenters. The Balaban J connectivity index is 1.60. The molecule has 142 valence electrons. The number of fused-ring (bicyclic) bond motifs is 1. The number of hydrogen-bond acceptors (Lipinski definition) is 4. The van der Waals surface area contributed by atoms with Gasteiger partial charge in [0.2, 0.25) is 5.91 Å². The lowest BCUT2D eigenvalue weighted by Gasteiger charge is -2.12. The number of aryl methyl sites for hydroxylation is 1. The third-order valence-electron chi connectivity index (χ3n) is 4.68. The van der Waals surface area contributed by atoms with Crippen LogP contribution in [0.3, 0.4) is 0 Å². The van der Waals surface area contributed by atoms with Crippen LogP contribution in [0.5, 0.6) is 11.5 Å². The van der Waals surface area contributed by atoms with Gasteiger partial charge in [0, 0.05) is 24.6 Å². The summed E-state index contributed by atoms with van der Waals surface area (Å²) in [6, 6.07) is 13.8. The maximum absolute atomic E-state index is 12.4. The molecule has 0 saturated carbocycles. The lowest BCUT2D eigenvalue weighted by molar-refractivity contribution is -0.117. The summed E-state index contributed by atoms with van der Waals surface area (Å²) in [6.45, 7) is 3.13. The van der Waals surface area contributed by atoms with E-state index < -0.39 is 0 Å². The number of hydrogen-bond donors (Lipinski definition) is 3. The molecule has 0 saturated heterocycles. The van der Waals surface area contributed by atoms with Crippen molar-refractivity contribution in [2.45, 2.75) is 32.2 Å². The van der Waals surface area contributed by atoms with E-state index in [1.54, 1.807) is 0 Å². The monoisotopic (exact) mass is 365 g/mol. The van der Waals surface area contributed by atoms with E-state index in [1.165, 1.54) is 5.56 Å². The first kappa shape index (κ1) is 19.1. The van der Waals surface area contributed by atoms with Crippen LogP contribution in [0.1, 0.15) is 29.5 Å². The van der Waals surface area contributed by atoms with Crippen LogP contribution in [0.25, 0.3) is 6.08 Å². The van der Waals surface area contributed by atoms with Crippen molar-refractivity contribution in [3.05, 3.63) is 64.7 Å². The summed E-state index contributed by atoms with van der Waals surface area (Å²) in [4.78, 5) is 12.4. The van der Waals surface area contributed by atoms with Crippen molar-refractivity contribution in [2.75, 3.05) is 13.1 Å². The molecule has 0 unspecified atom stereocenters. The van der Waals surface area contributed by atoms with Crippen molar-refractivity contribution in [1.29, 1.82) is 0 Å². The molecule has 5 N–H and O–H groups in total. The Bertz CT molecular complexity index is 828. The fraction of sp³-hybridized carbons (Fsp3) is 0.318. The number of benzene rings is 2. The van der Waals surface area contributed by atoms with Crippen LogP contribution >= 0.6 is 0 Å². The smallest absolute Gasteiger partial charge is 0.247 e. The third kappa shape index (κ3) is 5.18. The zero-order chi connectivity index (χ0) is 19.2. The number of ether oxygens (including phenoxy) is 1. The van der Waals surface area contributed by atoms with E-state index in [0.29, 0.717) is 19.5 Å². The van der Waals surface area contributed by atoms with E-state index in [-0.39, 0.29) is 11.9 Å². The lowest BCUT2D eigenvalue weighted by Crippen LogP contribution is -2.38. The number of carbonyl (C=O) groups is 1. The van der Waals surface area contributed by atoms with E-state index in [9.17, 15) is 4.79 Å². The number of carbonyl (C=O) groups excluding carboxylic acids is 1. The largest absolute Gasteiger partial charge is 0.457 e. The van der Waals surface area contributed by atoms with Gasteiger partial charge in [0.1, 0.15) is 11.5 Å². The standard InChI is InChI=1S/C22H27N3O2/c1-15-4-7-20(8-5-15)27-21-9-6-16-11-18(12-17(16)13-21)22(26)25-14-19(24)3-2-10-23/h4-9,12-13,19H,2-3,10-11,14,23-24H2,1H3,(H,25,26)/t19-/m0/s1. The molecule has 2 aromatic rings. The first-order chi connectivity index (χ1) is 13.0. The molecule has 27 heavy (non-hydrogen) atoms. The second-order valence-electron chi connectivity index (χ2n) is 7.02. The van der Waals surface area contributed by atoms with Gasteiger partial charge in [-0.2, -0.15) is 0 Å². The minimum Gasteiger partial charge on any atom is -0.457 e. The van der Waals surface area contributed by atoms with Crippen LogP contribution in [0.2, 0.25) is 0 Å². The highest BCUT2D eigenvalue weighted by molar-refractivity contribution is 6.00. The number of nitrogens with two attached hydrogens (primary N) is 2. The molecule has 0 fully saturated rings. The predicted molar refractivity (Wildman–Crippen MR) is 109 cm³/mol. The van der Waals surface area contributed by atoms with Gasteiger partial charge in [0.05, 0.1) is 0 Å². The van der Waals surface area contributed by atoms with E-state index in [2.05, 4.69) is 5.32 Å². The average molecular weight is 365 g/mol. The Morgan fingerprint density at radius 2 is 1.93 bits per heavy atom. The highest BCUT2D eigenvalue weighted by atomic mass is 16.5. The molecule has 0 heterocycles. The summed E-state index contributed by atoms with van der Waals surface area (Å²) in [5, 5.41) is 2.92. The molecule has 0 aliphatic heterocycles. The van der Waals surface area contributed by atoms with Gasteiger partial charge in [-0.15, -0.1) is 0 Å². The normalized spacial score (nSPS) is 13.7. The van der Waals surface area contributed by atoms with Crippen LogP contribution in [-0.4, -0.2) is 25.0 Å². The van der Waals surface area contributed by atoms with E-state index >= 15 is 0 Å². The molecule has 0 spiro atoms. The van der Waals surface area contributed by atoms with Crippen molar-refractivity contribution in [1.82, 2.24) is 5.32 Å². The SMILES string of the molecule is Cc1ccc(Oc2ccc3c(c2)C=C(C(=O)NC[C@@H](N)CCCN)C3)cc1. The van der Waals surface area contributed by atoms with Crippen molar-refractivity contribution < 1.29 is 9.53 Å². The van der Waals surface area contributed by atoms with Crippen molar-refractivity contribution >= 4 is 12.0 Å². The van der Waals surface area contributed by atoms with Gasteiger partial charge in [0.25, 0.3) is 0 Å². The van der Waals surface area contributed by atoms with E-state index in [1.807, 2.05) is 55.5 Å². The number of nitrogens with one attached hydrogen (secondary N) is 1. The summed E-state index contributed by atoms with van der Waals surface area (Å²) in [5.74, 6) is 1.50. The number of amides is 1. The van der Waals surface area contributed by atoms with Crippen LogP contribution < -0.4 is 21.5 Å². The molecule has 5 heteroatoms. The quantitative estimate of drug-likeness (QED) is 0.671. The van der Waals surface area contributed by atoms with Gasteiger partial charge < -0.3 is 21.5 Å². The summed E-state index contributed by atoms with van der Waals surface area (Å²) >= 11 is 0.